The quantitative estimate of drug-likeness (QED) is 0.568. The average Bonchev–Trinajstić information content (AvgIpc) is 2.70. The number of fused-ring (bicyclic) bond motifs is 1. The predicted octanol–water partition coefficient (Wildman–Crippen LogP) is 6.02. The highest BCUT2D eigenvalue weighted by Gasteiger charge is 2.23. The van der Waals surface area contributed by atoms with Crippen LogP contribution in [0.25, 0.3) is 5.57 Å². The van der Waals surface area contributed by atoms with Crippen molar-refractivity contribution in [1.82, 2.24) is 0 Å². The van der Waals surface area contributed by atoms with Gasteiger partial charge in [-0.15, -0.1) is 0 Å². The highest BCUT2D eigenvalue weighted by atomic mass is 35.5. The predicted molar refractivity (Wildman–Crippen MR) is 112 cm³/mol. The smallest absolute Gasteiger partial charge is 0.218 e. The summed E-state index contributed by atoms with van der Waals surface area (Å²) in [7, 11) is 0. The van der Waals surface area contributed by atoms with Crippen molar-refractivity contribution >= 4 is 28.8 Å². The molecule has 142 valence electrons. The Labute approximate surface area is 173 Å². The van der Waals surface area contributed by atoms with Gasteiger partial charge in [0, 0.05) is 11.1 Å². The van der Waals surface area contributed by atoms with Crippen LogP contribution in [-0.2, 0) is 6.61 Å². The van der Waals surface area contributed by atoms with Gasteiger partial charge in [-0.2, -0.15) is 0 Å². The van der Waals surface area contributed by atoms with Gasteiger partial charge in [0.05, 0.1) is 10.0 Å². The zero-order valence-electron chi connectivity index (χ0n) is 15.2. The van der Waals surface area contributed by atoms with Gasteiger partial charge >= 0.3 is 0 Å². The van der Waals surface area contributed by atoms with Crippen LogP contribution in [0.3, 0.4) is 0 Å². The second-order valence-corrected chi connectivity index (χ2v) is 7.37. The number of hydrogen-bond donors (Lipinski definition) is 1. The normalized spacial score (nSPS) is 15.4. The van der Waals surface area contributed by atoms with E-state index >= 15 is 0 Å². The van der Waals surface area contributed by atoms with Crippen LogP contribution in [0, 0.1) is 6.92 Å². The van der Waals surface area contributed by atoms with Gasteiger partial charge in [0.1, 0.15) is 18.1 Å². The molecule has 3 nitrogen and oxygen atoms in total. The molecule has 3 aromatic rings. The zero-order chi connectivity index (χ0) is 19.7. The molecule has 1 heterocycles. The summed E-state index contributed by atoms with van der Waals surface area (Å²) in [4.78, 5) is 0. The average molecular weight is 413 g/mol. The molecule has 28 heavy (non-hydrogen) atoms. The van der Waals surface area contributed by atoms with Gasteiger partial charge in [-0.25, -0.2) is 0 Å². The Morgan fingerprint density at radius 1 is 1.00 bits per heavy atom. The lowest BCUT2D eigenvalue weighted by molar-refractivity contribution is 0.0218. The van der Waals surface area contributed by atoms with Crippen molar-refractivity contribution in [1.29, 1.82) is 0 Å². The monoisotopic (exact) mass is 412 g/mol. The summed E-state index contributed by atoms with van der Waals surface area (Å²) in [6.45, 7) is 2.27. The van der Waals surface area contributed by atoms with Crippen molar-refractivity contribution in [3.8, 4) is 11.5 Å². The first-order valence-corrected chi connectivity index (χ1v) is 9.61. The third kappa shape index (κ3) is 3.74. The Hall–Kier alpha value is -2.46. The first-order valence-electron chi connectivity index (χ1n) is 8.85. The van der Waals surface area contributed by atoms with Gasteiger partial charge < -0.3 is 14.6 Å². The number of ether oxygens (including phenoxy) is 2. The Morgan fingerprint density at radius 2 is 1.79 bits per heavy atom. The number of hydrogen-bond acceptors (Lipinski definition) is 3. The maximum Gasteiger partial charge on any atom is 0.218 e. The Kier molecular flexibility index (Phi) is 5.31. The summed E-state index contributed by atoms with van der Waals surface area (Å²) in [6, 6.07) is 19.2. The van der Waals surface area contributed by atoms with Crippen LogP contribution in [0.5, 0.6) is 11.5 Å². The molecule has 1 N–H and O–H groups in total. The summed E-state index contributed by atoms with van der Waals surface area (Å²) in [5.41, 5.74) is 4.63. The van der Waals surface area contributed by atoms with Crippen molar-refractivity contribution in [3.63, 3.8) is 0 Å². The molecule has 0 fully saturated rings. The van der Waals surface area contributed by atoms with E-state index in [1.165, 1.54) is 0 Å². The van der Waals surface area contributed by atoms with Gasteiger partial charge in [0.25, 0.3) is 0 Å². The van der Waals surface area contributed by atoms with Gasteiger partial charge in [0.2, 0.25) is 6.29 Å². The van der Waals surface area contributed by atoms with Crippen LogP contribution in [0.1, 0.15) is 22.3 Å². The topological polar surface area (TPSA) is 38.7 Å². The minimum absolute atomic E-state index is 0.348. The Bertz CT molecular complexity index is 1050. The summed E-state index contributed by atoms with van der Waals surface area (Å²) in [6.07, 6.45) is 0.708. The van der Waals surface area contributed by atoms with E-state index in [0.29, 0.717) is 28.2 Å². The van der Waals surface area contributed by atoms with Crippen molar-refractivity contribution in [2.45, 2.75) is 19.8 Å². The summed E-state index contributed by atoms with van der Waals surface area (Å²) in [5, 5.41) is 11.2. The van der Waals surface area contributed by atoms with Crippen molar-refractivity contribution in [2.75, 3.05) is 0 Å². The fourth-order valence-electron chi connectivity index (χ4n) is 3.24. The fourth-order valence-corrected chi connectivity index (χ4v) is 3.56. The number of rotatable bonds is 4. The molecule has 0 saturated heterocycles. The minimum atomic E-state index is -1.01. The molecule has 1 unspecified atom stereocenters. The van der Waals surface area contributed by atoms with E-state index in [1.807, 2.05) is 55.5 Å². The first kappa shape index (κ1) is 18.9. The summed E-state index contributed by atoms with van der Waals surface area (Å²) in [5.74, 6) is 1.31. The Balaban J connectivity index is 1.63. The standard InChI is InChI=1S/C23H18Cl2O3/c1-14-21(27-13-15-7-9-19(24)20(25)11-15)10-8-17-18(12-22(26)28-23(14)17)16-5-3-2-4-6-16/h2-12,22,26H,13H2,1H3. The fraction of sp³-hybridized carbons (Fsp3) is 0.130. The van der Waals surface area contributed by atoms with Gasteiger partial charge in [0.15, 0.2) is 0 Å². The van der Waals surface area contributed by atoms with E-state index in [2.05, 4.69) is 0 Å². The van der Waals surface area contributed by atoms with E-state index in [1.54, 1.807) is 18.2 Å². The van der Waals surface area contributed by atoms with Gasteiger partial charge in [-0.3, -0.25) is 0 Å². The van der Waals surface area contributed by atoms with E-state index in [9.17, 15) is 5.11 Å². The molecule has 0 amide bonds. The molecule has 0 aliphatic carbocycles. The van der Waals surface area contributed by atoms with Crippen LogP contribution >= 0.6 is 23.2 Å². The molecule has 1 atom stereocenters. The van der Waals surface area contributed by atoms with Crippen molar-refractivity contribution < 1.29 is 14.6 Å². The largest absolute Gasteiger partial charge is 0.488 e. The Morgan fingerprint density at radius 3 is 2.54 bits per heavy atom. The van der Waals surface area contributed by atoms with Crippen LogP contribution < -0.4 is 9.47 Å². The molecule has 1 aliphatic rings. The molecule has 0 saturated carbocycles. The second kappa shape index (κ2) is 7.88. The van der Waals surface area contributed by atoms with Crippen LogP contribution in [0.4, 0.5) is 0 Å². The highest BCUT2D eigenvalue weighted by Crippen LogP contribution is 2.41. The lowest BCUT2D eigenvalue weighted by atomic mass is 9.93. The molecule has 4 rings (SSSR count). The molecular weight excluding hydrogens is 395 g/mol. The highest BCUT2D eigenvalue weighted by molar-refractivity contribution is 6.42. The maximum absolute atomic E-state index is 10.2. The number of aliphatic hydroxyl groups is 1. The lowest BCUT2D eigenvalue weighted by Gasteiger charge is -2.25. The van der Waals surface area contributed by atoms with E-state index in [-0.39, 0.29) is 0 Å². The minimum Gasteiger partial charge on any atom is -0.488 e. The van der Waals surface area contributed by atoms with E-state index in [0.717, 1.165) is 27.8 Å². The second-order valence-electron chi connectivity index (χ2n) is 6.56. The van der Waals surface area contributed by atoms with Gasteiger partial charge in [-0.1, -0.05) is 59.6 Å². The first-order chi connectivity index (χ1) is 13.5. The molecule has 0 bridgehead atoms. The number of benzene rings is 3. The molecular formula is C23H18Cl2O3. The van der Waals surface area contributed by atoms with Crippen molar-refractivity contribution in [2.24, 2.45) is 0 Å². The SMILES string of the molecule is Cc1c(OCc2ccc(Cl)c(Cl)c2)ccc2c1OC(O)C=C2c1ccccc1. The molecule has 3 aromatic carbocycles. The summed E-state index contributed by atoms with van der Waals surface area (Å²) < 4.78 is 11.7. The molecule has 5 heteroatoms. The molecule has 0 radical (unpaired) electrons. The molecule has 0 aromatic heterocycles. The van der Waals surface area contributed by atoms with E-state index in [4.69, 9.17) is 32.7 Å². The van der Waals surface area contributed by atoms with E-state index < -0.39 is 6.29 Å². The van der Waals surface area contributed by atoms with Gasteiger partial charge in [-0.05, 0) is 54.0 Å². The lowest BCUT2D eigenvalue weighted by Crippen LogP contribution is -2.19. The van der Waals surface area contributed by atoms with Crippen LogP contribution in [-0.4, -0.2) is 11.4 Å². The zero-order valence-corrected chi connectivity index (χ0v) is 16.7. The van der Waals surface area contributed by atoms with Crippen LogP contribution in [0.2, 0.25) is 10.0 Å². The summed E-state index contributed by atoms with van der Waals surface area (Å²) >= 11 is 12.0. The molecule has 0 spiro atoms. The van der Waals surface area contributed by atoms with Crippen molar-refractivity contribution in [3.05, 3.63) is 99.0 Å². The third-order valence-corrected chi connectivity index (χ3v) is 5.40. The van der Waals surface area contributed by atoms with Crippen LogP contribution in [0.15, 0.2) is 66.7 Å². The third-order valence-electron chi connectivity index (χ3n) is 4.66. The number of aliphatic hydroxyl groups excluding tert-OH is 1. The molecule has 1 aliphatic heterocycles. The maximum atomic E-state index is 10.2. The number of halogens is 2.